The first-order valence-electron chi connectivity index (χ1n) is 9.58. The van der Waals surface area contributed by atoms with Crippen LogP contribution < -0.4 is 10.2 Å². The van der Waals surface area contributed by atoms with Crippen molar-refractivity contribution in [1.29, 1.82) is 0 Å². The quantitative estimate of drug-likeness (QED) is 0.500. The van der Waals surface area contributed by atoms with Crippen molar-refractivity contribution >= 4 is 22.7 Å². The molecule has 2 aromatic carbocycles. The number of nitrogens with zero attached hydrogens (tertiary/aromatic N) is 3. The van der Waals surface area contributed by atoms with Crippen LogP contribution in [0.1, 0.15) is 16.8 Å². The van der Waals surface area contributed by atoms with E-state index in [2.05, 4.69) is 82.0 Å². The normalized spacial score (nSPS) is 10.9. The van der Waals surface area contributed by atoms with Crippen molar-refractivity contribution in [2.24, 2.45) is 0 Å². The molecular weight excluding hydrogens is 346 g/mol. The van der Waals surface area contributed by atoms with Gasteiger partial charge in [0, 0.05) is 49.0 Å². The van der Waals surface area contributed by atoms with E-state index in [-0.39, 0.29) is 0 Å². The van der Waals surface area contributed by atoms with E-state index in [1.807, 2.05) is 19.1 Å². The first-order chi connectivity index (χ1) is 13.7. The van der Waals surface area contributed by atoms with E-state index in [1.54, 1.807) is 0 Å². The van der Waals surface area contributed by atoms with Crippen LogP contribution in [0.5, 0.6) is 0 Å². The molecule has 0 saturated heterocycles. The predicted molar refractivity (Wildman–Crippen MR) is 116 cm³/mol. The lowest BCUT2D eigenvalue weighted by Crippen LogP contribution is -2.19. The monoisotopic (exact) mass is 371 g/mol. The van der Waals surface area contributed by atoms with Gasteiger partial charge in [0.2, 0.25) is 5.95 Å². The van der Waals surface area contributed by atoms with Gasteiger partial charge in [-0.15, -0.1) is 0 Å². The van der Waals surface area contributed by atoms with Crippen molar-refractivity contribution in [2.45, 2.75) is 19.9 Å². The number of benzene rings is 2. The lowest BCUT2D eigenvalue weighted by atomic mass is 10.1. The second kappa shape index (κ2) is 8.13. The van der Waals surface area contributed by atoms with E-state index in [0.717, 1.165) is 31.0 Å². The van der Waals surface area contributed by atoms with E-state index in [4.69, 9.17) is 4.98 Å². The fourth-order valence-electron chi connectivity index (χ4n) is 3.41. The molecule has 0 bridgehead atoms. The maximum Gasteiger partial charge on any atom is 0.224 e. The summed E-state index contributed by atoms with van der Waals surface area (Å²) in [5.74, 6) is 1.60. The molecule has 0 atom stereocenters. The number of aryl methyl sites for hydroxylation is 1. The minimum absolute atomic E-state index is 0.676. The van der Waals surface area contributed by atoms with E-state index in [9.17, 15) is 0 Å². The maximum atomic E-state index is 4.71. The van der Waals surface area contributed by atoms with E-state index in [0.29, 0.717) is 5.95 Å². The van der Waals surface area contributed by atoms with Crippen LogP contribution in [0.3, 0.4) is 0 Å². The molecule has 0 amide bonds. The summed E-state index contributed by atoms with van der Waals surface area (Å²) in [6.45, 7) is 3.60. The summed E-state index contributed by atoms with van der Waals surface area (Å²) in [7, 11) is 2.06. The maximum absolute atomic E-state index is 4.71. The van der Waals surface area contributed by atoms with Gasteiger partial charge < -0.3 is 15.2 Å². The van der Waals surface area contributed by atoms with Crippen molar-refractivity contribution in [2.75, 3.05) is 23.8 Å². The number of H-pyrrole nitrogens is 1. The average molecular weight is 371 g/mol. The molecule has 142 valence electrons. The zero-order chi connectivity index (χ0) is 19.3. The number of aromatic amines is 1. The van der Waals surface area contributed by atoms with Crippen LogP contribution in [0.25, 0.3) is 10.9 Å². The van der Waals surface area contributed by atoms with Gasteiger partial charge in [-0.2, -0.15) is 4.98 Å². The SMILES string of the molecule is Cc1cc(N(C)Cc2ccccc2)nc(NCCc2c[nH]c3ccccc23)n1. The topological polar surface area (TPSA) is 56.8 Å². The van der Waals surface area contributed by atoms with Gasteiger partial charge in [0.25, 0.3) is 0 Å². The summed E-state index contributed by atoms with van der Waals surface area (Å²) in [4.78, 5) is 14.7. The smallest absolute Gasteiger partial charge is 0.224 e. The highest BCUT2D eigenvalue weighted by Gasteiger charge is 2.08. The highest BCUT2D eigenvalue weighted by molar-refractivity contribution is 5.83. The summed E-state index contributed by atoms with van der Waals surface area (Å²) >= 11 is 0. The van der Waals surface area contributed by atoms with Crippen molar-refractivity contribution < 1.29 is 0 Å². The van der Waals surface area contributed by atoms with E-state index < -0.39 is 0 Å². The Labute approximate surface area is 165 Å². The van der Waals surface area contributed by atoms with E-state index in [1.165, 1.54) is 22.0 Å². The standard InChI is InChI=1S/C23H25N5/c1-17-14-22(28(2)16-18-8-4-3-5-9-18)27-23(26-17)24-13-12-19-15-25-21-11-7-6-10-20(19)21/h3-11,14-15,25H,12-13,16H2,1-2H3,(H,24,26,27). The van der Waals surface area contributed by atoms with Gasteiger partial charge in [-0.3, -0.25) is 0 Å². The number of fused-ring (bicyclic) bond motifs is 1. The molecule has 4 aromatic rings. The molecule has 0 spiro atoms. The Morgan fingerprint density at radius 3 is 2.64 bits per heavy atom. The Morgan fingerprint density at radius 1 is 1.00 bits per heavy atom. The molecule has 0 aliphatic rings. The van der Waals surface area contributed by atoms with Gasteiger partial charge in [0.1, 0.15) is 5.82 Å². The van der Waals surface area contributed by atoms with Gasteiger partial charge in [-0.25, -0.2) is 4.98 Å². The fourth-order valence-corrected chi connectivity index (χ4v) is 3.41. The third-order valence-electron chi connectivity index (χ3n) is 4.85. The van der Waals surface area contributed by atoms with Crippen molar-refractivity contribution in [1.82, 2.24) is 15.0 Å². The number of hydrogen-bond acceptors (Lipinski definition) is 4. The lowest BCUT2D eigenvalue weighted by Gasteiger charge is -2.19. The molecule has 5 nitrogen and oxygen atoms in total. The van der Waals surface area contributed by atoms with Crippen LogP contribution in [-0.4, -0.2) is 28.5 Å². The molecule has 0 saturated carbocycles. The summed E-state index contributed by atoms with van der Waals surface area (Å²) in [6, 6.07) is 20.8. The molecule has 4 rings (SSSR count). The van der Waals surface area contributed by atoms with Crippen LogP contribution in [0.4, 0.5) is 11.8 Å². The molecule has 0 fully saturated rings. The summed E-state index contributed by atoms with van der Waals surface area (Å²) < 4.78 is 0. The number of nitrogens with one attached hydrogen (secondary N) is 2. The van der Waals surface area contributed by atoms with Crippen LogP contribution in [0, 0.1) is 6.92 Å². The highest BCUT2D eigenvalue weighted by Crippen LogP contribution is 2.19. The molecule has 5 heteroatoms. The zero-order valence-corrected chi connectivity index (χ0v) is 16.3. The number of para-hydroxylation sites is 1. The Bertz CT molecular complexity index is 1050. The van der Waals surface area contributed by atoms with Crippen molar-refractivity contribution in [3.8, 4) is 0 Å². The Kier molecular flexibility index (Phi) is 5.24. The molecular formula is C23H25N5. The van der Waals surface area contributed by atoms with Gasteiger partial charge >= 0.3 is 0 Å². The molecule has 0 unspecified atom stereocenters. The minimum Gasteiger partial charge on any atom is -0.361 e. The first-order valence-corrected chi connectivity index (χ1v) is 9.58. The number of rotatable bonds is 7. The second-order valence-corrected chi connectivity index (χ2v) is 7.07. The van der Waals surface area contributed by atoms with Gasteiger partial charge in [0.15, 0.2) is 0 Å². The van der Waals surface area contributed by atoms with Crippen molar-refractivity contribution in [3.05, 3.63) is 83.7 Å². The number of hydrogen-bond donors (Lipinski definition) is 2. The van der Waals surface area contributed by atoms with Crippen LogP contribution in [0.15, 0.2) is 66.9 Å². The average Bonchev–Trinajstić information content (AvgIpc) is 3.12. The van der Waals surface area contributed by atoms with Crippen LogP contribution in [0.2, 0.25) is 0 Å². The van der Waals surface area contributed by atoms with Gasteiger partial charge in [-0.05, 0) is 30.5 Å². The second-order valence-electron chi connectivity index (χ2n) is 7.07. The van der Waals surface area contributed by atoms with E-state index >= 15 is 0 Å². The molecule has 2 heterocycles. The summed E-state index contributed by atoms with van der Waals surface area (Å²) in [5, 5.41) is 4.66. The molecule has 0 aliphatic carbocycles. The van der Waals surface area contributed by atoms with Gasteiger partial charge in [-0.1, -0.05) is 48.5 Å². The fraction of sp³-hybridized carbons (Fsp3) is 0.217. The summed E-state index contributed by atoms with van der Waals surface area (Å²) in [5.41, 5.74) is 4.70. The Hall–Kier alpha value is -3.34. The van der Waals surface area contributed by atoms with Crippen LogP contribution in [-0.2, 0) is 13.0 Å². The van der Waals surface area contributed by atoms with Crippen LogP contribution >= 0.6 is 0 Å². The first kappa shape index (κ1) is 18.0. The summed E-state index contributed by atoms with van der Waals surface area (Å²) in [6.07, 6.45) is 3.00. The Morgan fingerprint density at radius 2 is 1.79 bits per heavy atom. The third-order valence-corrected chi connectivity index (χ3v) is 4.85. The number of anilines is 2. The third kappa shape index (κ3) is 4.14. The minimum atomic E-state index is 0.676. The largest absolute Gasteiger partial charge is 0.361 e. The van der Waals surface area contributed by atoms with Gasteiger partial charge in [0.05, 0.1) is 0 Å². The highest BCUT2D eigenvalue weighted by atomic mass is 15.2. The predicted octanol–water partition coefficient (Wildman–Crippen LogP) is 4.56. The molecule has 28 heavy (non-hydrogen) atoms. The zero-order valence-electron chi connectivity index (χ0n) is 16.3. The molecule has 2 N–H and O–H groups in total. The number of aromatic nitrogens is 3. The molecule has 2 aromatic heterocycles. The molecule has 0 radical (unpaired) electrons. The van der Waals surface area contributed by atoms with Crippen molar-refractivity contribution in [3.63, 3.8) is 0 Å². The molecule has 0 aliphatic heterocycles. The lowest BCUT2D eigenvalue weighted by molar-refractivity contribution is 0.882. The Balaban J connectivity index is 1.42.